The molecule has 172 valence electrons. The van der Waals surface area contributed by atoms with E-state index < -0.39 is 4.92 Å². The predicted molar refractivity (Wildman–Crippen MR) is 125 cm³/mol. The number of nitro groups is 1. The number of nitrogens with one attached hydrogen (secondary N) is 1. The van der Waals surface area contributed by atoms with E-state index in [0.717, 1.165) is 23.2 Å². The van der Waals surface area contributed by atoms with Crippen molar-refractivity contribution >= 4 is 23.1 Å². The highest BCUT2D eigenvalue weighted by Gasteiger charge is 2.26. The average Bonchev–Trinajstić information content (AvgIpc) is 2.89. The maximum Gasteiger partial charge on any atom is 0.270 e. The maximum atomic E-state index is 12.7. The Kier molecular flexibility index (Phi) is 6.64. The lowest BCUT2D eigenvalue weighted by atomic mass is 9.95. The summed E-state index contributed by atoms with van der Waals surface area (Å²) in [6, 6.07) is 17.1. The summed E-state index contributed by atoms with van der Waals surface area (Å²) in [4.78, 5) is 25.2. The van der Waals surface area contributed by atoms with Gasteiger partial charge in [0.25, 0.3) is 5.69 Å². The number of hydrogen-bond donors (Lipinski definition) is 1. The van der Waals surface area contributed by atoms with Crippen molar-refractivity contribution < 1.29 is 14.5 Å². The molecule has 1 aromatic heterocycles. The van der Waals surface area contributed by atoms with Gasteiger partial charge in [0.15, 0.2) is 5.82 Å². The summed E-state index contributed by atoms with van der Waals surface area (Å²) in [6.07, 6.45) is 1.22. The minimum absolute atomic E-state index is 0.0606. The number of para-hydroxylation sites is 1. The number of nitrogens with zero attached hydrogens (tertiary/aromatic N) is 5. The molecule has 34 heavy (non-hydrogen) atoms. The number of ether oxygens (including phenoxy) is 1. The molecule has 0 aliphatic carbocycles. The van der Waals surface area contributed by atoms with Gasteiger partial charge in [-0.25, -0.2) is 0 Å². The number of carbonyl (C=O) groups is 1. The Balaban J connectivity index is 1.37. The second kappa shape index (κ2) is 9.95. The van der Waals surface area contributed by atoms with E-state index in [1.807, 2.05) is 42.5 Å². The molecule has 1 aliphatic rings. The van der Waals surface area contributed by atoms with E-state index in [1.165, 1.54) is 12.1 Å². The number of nitro benzene ring substituents is 1. The van der Waals surface area contributed by atoms with Crippen LogP contribution in [0.5, 0.6) is 5.75 Å². The van der Waals surface area contributed by atoms with Gasteiger partial charge in [-0.05, 0) is 43.2 Å². The average molecular weight is 458 g/mol. The fourth-order valence-electron chi connectivity index (χ4n) is 3.95. The van der Waals surface area contributed by atoms with Crippen LogP contribution in [0.2, 0.25) is 0 Å². The van der Waals surface area contributed by atoms with Crippen molar-refractivity contribution in [2.24, 2.45) is 5.92 Å². The van der Waals surface area contributed by atoms with Crippen LogP contribution < -0.4 is 15.0 Å². The standard InChI is InChI=1S/C24H22N6O4/c1-34-22-5-3-2-4-19(22)21-8-9-23(28-27-21)29-12-10-16(11-13-29)24(31)26-20-7-6-18(30(32)33)14-17(20)15-25/h2-9,14,16H,10-13H2,1H3,(H,26,31). The van der Waals surface area contributed by atoms with E-state index in [-0.39, 0.29) is 28.8 Å². The monoisotopic (exact) mass is 458 g/mol. The second-order valence-electron chi connectivity index (χ2n) is 7.83. The van der Waals surface area contributed by atoms with Crippen LogP contribution in [0.25, 0.3) is 11.3 Å². The summed E-state index contributed by atoms with van der Waals surface area (Å²) in [5.41, 5.74) is 1.72. The molecular weight excluding hydrogens is 436 g/mol. The van der Waals surface area contributed by atoms with Crippen molar-refractivity contribution in [3.8, 4) is 23.1 Å². The van der Waals surface area contributed by atoms with E-state index in [1.54, 1.807) is 7.11 Å². The first-order valence-electron chi connectivity index (χ1n) is 10.7. The Labute approximate surface area is 195 Å². The number of non-ortho nitro benzene ring substituents is 1. The highest BCUT2D eigenvalue weighted by Crippen LogP contribution is 2.29. The molecule has 1 aliphatic heterocycles. The number of anilines is 2. The van der Waals surface area contributed by atoms with E-state index in [4.69, 9.17) is 4.74 Å². The van der Waals surface area contributed by atoms with Crippen LogP contribution in [-0.4, -0.2) is 41.2 Å². The number of aromatic nitrogens is 2. The number of hydrogen-bond acceptors (Lipinski definition) is 8. The Morgan fingerprint density at radius 1 is 1.18 bits per heavy atom. The highest BCUT2D eigenvalue weighted by molar-refractivity contribution is 5.94. The smallest absolute Gasteiger partial charge is 0.270 e. The van der Waals surface area contributed by atoms with Crippen molar-refractivity contribution in [2.75, 3.05) is 30.4 Å². The van der Waals surface area contributed by atoms with Gasteiger partial charge in [-0.2, -0.15) is 5.26 Å². The summed E-state index contributed by atoms with van der Waals surface area (Å²) >= 11 is 0. The summed E-state index contributed by atoms with van der Waals surface area (Å²) in [6.45, 7) is 1.26. The van der Waals surface area contributed by atoms with Crippen molar-refractivity contribution in [1.29, 1.82) is 5.26 Å². The van der Waals surface area contributed by atoms with Crippen LogP contribution in [0, 0.1) is 27.4 Å². The number of carbonyl (C=O) groups excluding carboxylic acids is 1. The largest absolute Gasteiger partial charge is 0.496 e. The van der Waals surface area contributed by atoms with Gasteiger partial charge in [0, 0.05) is 36.7 Å². The first kappa shape index (κ1) is 22.7. The third kappa shape index (κ3) is 4.78. The van der Waals surface area contributed by atoms with Gasteiger partial charge in [-0.1, -0.05) is 12.1 Å². The highest BCUT2D eigenvalue weighted by atomic mass is 16.6. The molecule has 0 radical (unpaired) electrons. The summed E-state index contributed by atoms with van der Waals surface area (Å²) in [5, 5.41) is 31.6. The Morgan fingerprint density at radius 2 is 1.94 bits per heavy atom. The molecule has 1 amide bonds. The minimum Gasteiger partial charge on any atom is -0.496 e. The number of rotatable bonds is 6. The quantitative estimate of drug-likeness (QED) is 0.435. The molecule has 1 fully saturated rings. The molecule has 0 atom stereocenters. The minimum atomic E-state index is -0.575. The molecule has 2 aromatic carbocycles. The fraction of sp³-hybridized carbons (Fsp3) is 0.250. The number of nitriles is 1. The third-order valence-electron chi connectivity index (χ3n) is 5.82. The van der Waals surface area contributed by atoms with E-state index in [0.29, 0.717) is 31.6 Å². The molecule has 4 rings (SSSR count). The summed E-state index contributed by atoms with van der Waals surface area (Å²) in [7, 11) is 1.61. The maximum absolute atomic E-state index is 12.7. The molecule has 1 saturated heterocycles. The lowest BCUT2D eigenvalue weighted by Crippen LogP contribution is -2.38. The second-order valence-corrected chi connectivity index (χ2v) is 7.83. The zero-order valence-corrected chi connectivity index (χ0v) is 18.5. The molecule has 10 nitrogen and oxygen atoms in total. The van der Waals surface area contributed by atoms with Crippen LogP contribution in [0.15, 0.2) is 54.6 Å². The number of benzene rings is 2. The predicted octanol–water partition coefficient (Wildman–Crippen LogP) is 3.79. The SMILES string of the molecule is COc1ccccc1-c1ccc(N2CCC(C(=O)Nc3ccc([N+](=O)[O-])cc3C#N)CC2)nn1. The molecule has 2 heterocycles. The zero-order valence-electron chi connectivity index (χ0n) is 18.5. The van der Waals surface area contributed by atoms with Gasteiger partial charge in [0.1, 0.15) is 11.8 Å². The van der Waals surface area contributed by atoms with Crippen molar-refractivity contribution in [1.82, 2.24) is 10.2 Å². The lowest BCUT2D eigenvalue weighted by molar-refractivity contribution is -0.384. The Hall–Kier alpha value is -4.52. The van der Waals surface area contributed by atoms with Crippen molar-refractivity contribution in [2.45, 2.75) is 12.8 Å². The van der Waals surface area contributed by atoms with Gasteiger partial charge in [-0.15, -0.1) is 10.2 Å². The third-order valence-corrected chi connectivity index (χ3v) is 5.82. The number of amides is 1. The van der Waals surface area contributed by atoms with Gasteiger partial charge in [-0.3, -0.25) is 14.9 Å². The van der Waals surface area contributed by atoms with Crippen molar-refractivity contribution in [3.05, 3.63) is 70.3 Å². The molecule has 0 spiro atoms. The molecule has 10 heteroatoms. The fourth-order valence-corrected chi connectivity index (χ4v) is 3.95. The molecule has 0 bridgehead atoms. The van der Waals surface area contributed by atoms with E-state index in [2.05, 4.69) is 20.4 Å². The van der Waals surface area contributed by atoms with Crippen molar-refractivity contribution in [3.63, 3.8) is 0 Å². The number of piperidine rings is 1. The van der Waals surface area contributed by atoms with Crippen LogP contribution in [0.1, 0.15) is 18.4 Å². The van der Waals surface area contributed by atoms with Gasteiger partial charge < -0.3 is 15.0 Å². The Bertz CT molecular complexity index is 1250. The van der Waals surface area contributed by atoms with Gasteiger partial charge >= 0.3 is 0 Å². The molecule has 0 saturated carbocycles. The van der Waals surface area contributed by atoms with E-state index in [9.17, 15) is 20.2 Å². The Morgan fingerprint density at radius 3 is 2.59 bits per heavy atom. The molecule has 0 unspecified atom stereocenters. The summed E-state index contributed by atoms with van der Waals surface area (Å²) in [5.74, 6) is 1.02. The number of methoxy groups -OCH3 is 1. The van der Waals surface area contributed by atoms with Crippen LogP contribution >= 0.6 is 0 Å². The molecule has 3 aromatic rings. The first-order valence-corrected chi connectivity index (χ1v) is 10.7. The molecular formula is C24H22N6O4. The van der Waals surface area contributed by atoms with Gasteiger partial charge in [0.2, 0.25) is 5.91 Å². The molecule has 1 N–H and O–H groups in total. The van der Waals surface area contributed by atoms with Gasteiger partial charge in [0.05, 0.1) is 29.0 Å². The van der Waals surface area contributed by atoms with Crippen LogP contribution in [-0.2, 0) is 4.79 Å². The van der Waals surface area contributed by atoms with E-state index >= 15 is 0 Å². The topological polar surface area (TPSA) is 134 Å². The zero-order chi connectivity index (χ0) is 24.1. The summed E-state index contributed by atoms with van der Waals surface area (Å²) < 4.78 is 5.39. The lowest BCUT2D eigenvalue weighted by Gasteiger charge is -2.31. The normalized spacial score (nSPS) is 13.7. The van der Waals surface area contributed by atoms with Crippen LogP contribution in [0.3, 0.4) is 0 Å². The first-order chi connectivity index (χ1) is 16.5. The van der Waals surface area contributed by atoms with Crippen LogP contribution in [0.4, 0.5) is 17.2 Å².